The monoisotopic (exact) mass is 453 g/mol. The van der Waals surface area contributed by atoms with E-state index in [1.54, 1.807) is 6.07 Å². The van der Waals surface area contributed by atoms with Crippen LogP contribution in [0.5, 0.6) is 0 Å². The van der Waals surface area contributed by atoms with Gasteiger partial charge in [-0.15, -0.1) is 11.3 Å². The van der Waals surface area contributed by atoms with Gasteiger partial charge in [-0.05, 0) is 34.9 Å². The Morgan fingerprint density at radius 3 is 2.53 bits per heavy atom. The molecule has 1 aliphatic rings. The Morgan fingerprint density at radius 2 is 1.81 bits per heavy atom. The van der Waals surface area contributed by atoms with E-state index in [1.165, 1.54) is 0 Å². The molecule has 1 aliphatic heterocycles. The summed E-state index contributed by atoms with van der Waals surface area (Å²) in [4.78, 5) is 47.4. The number of hydrogen-bond donors (Lipinski definition) is 5. The highest BCUT2D eigenvalue weighted by molar-refractivity contribution is 7.17. The van der Waals surface area contributed by atoms with Gasteiger partial charge in [-0.2, -0.15) is 0 Å². The molecule has 4 rings (SSSR count). The maximum absolute atomic E-state index is 12.6. The Kier molecular flexibility index (Phi) is 5.89. The van der Waals surface area contributed by atoms with E-state index in [1.807, 2.05) is 36.4 Å². The highest BCUT2D eigenvalue weighted by atomic mass is 32.1. The lowest BCUT2D eigenvalue weighted by Crippen LogP contribution is -2.44. The molecule has 0 unspecified atom stereocenters. The lowest BCUT2D eigenvalue weighted by atomic mass is 9.97. The first kappa shape index (κ1) is 21.5. The van der Waals surface area contributed by atoms with Crippen molar-refractivity contribution in [3.05, 3.63) is 64.0 Å². The number of carboxylic acid groups (broad SMARTS) is 2. The van der Waals surface area contributed by atoms with Crippen LogP contribution < -0.4 is 16.0 Å². The number of benzene rings is 2. The molecule has 10 heteroatoms. The first-order chi connectivity index (χ1) is 15.3. The molecular formula is C22H19N3O6S. The van der Waals surface area contributed by atoms with Crippen molar-refractivity contribution in [1.82, 2.24) is 10.6 Å². The van der Waals surface area contributed by atoms with Gasteiger partial charge in [0.15, 0.2) is 0 Å². The number of anilines is 1. The van der Waals surface area contributed by atoms with Crippen molar-refractivity contribution in [3.63, 3.8) is 0 Å². The third-order valence-electron chi connectivity index (χ3n) is 5.25. The fourth-order valence-corrected chi connectivity index (χ4v) is 4.86. The van der Waals surface area contributed by atoms with E-state index >= 15 is 0 Å². The van der Waals surface area contributed by atoms with Gasteiger partial charge in [0, 0.05) is 29.6 Å². The molecule has 0 aliphatic carbocycles. The second kappa shape index (κ2) is 8.77. The Morgan fingerprint density at radius 1 is 1.06 bits per heavy atom. The largest absolute Gasteiger partial charge is 0.478 e. The zero-order valence-corrected chi connectivity index (χ0v) is 17.5. The topological polar surface area (TPSA) is 145 Å². The molecule has 9 nitrogen and oxygen atoms in total. The Labute approximate surface area is 186 Å². The fraction of sp³-hybridized carbons (Fsp3) is 0.182. The molecule has 0 fully saturated rings. The second-order valence-electron chi connectivity index (χ2n) is 7.33. The van der Waals surface area contributed by atoms with Crippen molar-refractivity contribution in [2.75, 3.05) is 11.9 Å². The number of rotatable bonds is 5. The van der Waals surface area contributed by atoms with Crippen LogP contribution in [0.25, 0.3) is 10.8 Å². The van der Waals surface area contributed by atoms with Crippen LogP contribution in [0.2, 0.25) is 0 Å². The van der Waals surface area contributed by atoms with Crippen molar-refractivity contribution in [3.8, 4) is 0 Å². The van der Waals surface area contributed by atoms with Crippen molar-refractivity contribution in [1.29, 1.82) is 0 Å². The molecule has 0 saturated carbocycles. The second-order valence-corrected chi connectivity index (χ2v) is 8.43. The SMILES string of the molecule is O=C(O)C(=O)Nc1sc2c(c1C(=O)O)C[C@@H](CNC(=O)c1ccc3ccccc3c1)NC2. The van der Waals surface area contributed by atoms with Crippen LogP contribution in [0.3, 0.4) is 0 Å². The number of nitrogens with one attached hydrogen (secondary N) is 3. The van der Waals surface area contributed by atoms with Gasteiger partial charge in [-0.25, -0.2) is 9.59 Å². The van der Waals surface area contributed by atoms with Gasteiger partial charge in [0.25, 0.3) is 5.91 Å². The van der Waals surface area contributed by atoms with Gasteiger partial charge in [0.2, 0.25) is 0 Å². The first-order valence-electron chi connectivity index (χ1n) is 9.76. The number of carboxylic acids is 2. The fourth-order valence-electron chi connectivity index (χ4n) is 3.69. The number of aliphatic carboxylic acids is 1. The first-order valence-corrected chi connectivity index (χ1v) is 10.6. The standard InChI is InChI=1S/C22H19N3O6S/c26-18(13-6-5-11-3-1-2-4-12(11)7-13)24-9-14-8-15-16(10-23-14)32-20(17(15)21(28)29)25-19(27)22(30)31/h1-7,14,23H,8-10H2,(H,24,26)(H,25,27)(H,28,29)(H,30,31)/t14-/m0/s1. The maximum atomic E-state index is 12.6. The zero-order chi connectivity index (χ0) is 22.8. The smallest absolute Gasteiger partial charge is 0.394 e. The van der Waals surface area contributed by atoms with Crippen LogP contribution >= 0.6 is 11.3 Å². The highest BCUT2D eigenvalue weighted by Crippen LogP contribution is 2.36. The van der Waals surface area contributed by atoms with Gasteiger partial charge in [-0.1, -0.05) is 30.3 Å². The van der Waals surface area contributed by atoms with E-state index < -0.39 is 17.8 Å². The number of thiophene rings is 1. The zero-order valence-electron chi connectivity index (χ0n) is 16.7. The van der Waals surface area contributed by atoms with Gasteiger partial charge in [0.05, 0.1) is 5.56 Å². The van der Waals surface area contributed by atoms with Crippen LogP contribution in [0.1, 0.15) is 31.2 Å². The van der Waals surface area contributed by atoms with Crippen molar-refractivity contribution in [2.24, 2.45) is 0 Å². The van der Waals surface area contributed by atoms with Gasteiger partial charge in [0.1, 0.15) is 5.00 Å². The molecule has 32 heavy (non-hydrogen) atoms. The van der Waals surface area contributed by atoms with Crippen molar-refractivity contribution in [2.45, 2.75) is 19.0 Å². The van der Waals surface area contributed by atoms with Gasteiger partial charge >= 0.3 is 17.8 Å². The summed E-state index contributed by atoms with van der Waals surface area (Å²) in [6.07, 6.45) is 0.314. The van der Waals surface area contributed by atoms with Crippen LogP contribution in [-0.4, -0.2) is 46.6 Å². The summed E-state index contributed by atoms with van der Waals surface area (Å²) >= 11 is 1.03. The molecule has 0 radical (unpaired) electrons. The van der Waals surface area contributed by atoms with E-state index in [0.29, 0.717) is 29.0 Å². The van der Waals surface area contributed by atoms with Crippen LogP contribution in [0, 0.1) is 0 Å². The summed E-state index contributed by atoms with van der Waals surface area (Å²) in [5.74, 6) is -4.47. The Balaban J connectivity index is 1.46. The van der Waals surface area contributed by atoms with Gasteiger partial charge < -0.3 is 26.2 Å². The number of amides is 2. The molecule has 5 N–H and O–H groups in total. The molecule has 2 heterocycles. The predicted octanol–water partition coefficient (Wildman–Crippen LogP) is 2.07. The summed E-state index contributed by atoms with van der Waals surface area (Å²) in [6.45, 7) is 0.622. The lowest BCUT2D eigenvalue weighted by molar-refractivity contribution is -0.147. The van der Waals surface area contributed by atoms with Crippen molar-refractivity contribution >= 4 is 50.9 Å². The number of carbonyl (C=O) groups is 4. The Bertz CT molecular complexity index is 1250. The molecule has 0 bridgehead atoms. The number of aromatic carboxylic acids is 1. The Hall–Kier alpha value is -3.76. The molecule has 2 aromatic carbocycles. The summed E-state index contributed by atoms with van der Waals surface area (Å²) in [5.41, 5.74) is 0.958. The number of hydrogen-bond acceptors (Lipinski definition) is 6. The number of carbonyl (C=O) groups excluding carboxylic acids is 2. The summed E-state index contributed by atoms with van der Waals surface area (Å²) in [5, 5.41) is 28.7. The average Bonchev–Trinajstić information content (AvgIpc) is 3.14. The van der Waals surface area contributed by atoms with Crippen LogP contribution in [0.15, 0.2) is 42.5 Å². The normalized spacial score (nSPS) is 15.1. The summed E-state index contributed by atoms with van der Waals surface area (Å²) in [7, 11) is 0. The molecule has 1 aromatic heterocycles. The van der Waals surface area contributed by atoms with E-state index in [-0.39, 0.29) is 29.1 Å². The quantitative estimate of drug-likeness (QED) is 0.372. The van der Waals surface area contributed by atoms with Crippen LogP contribution in [0.4, 0.5) is 5.00 Å². The molecule has 164 valence electrons. The molecule has 0 spiro atoms. The summed E-state index contributed by atoms with van der Waals surface area (Å²) < 4.78 is 0. The maximum Gasteiger partial charge on any atom is 0.394 e. The van der Waals surface area contributed by atoms with E-state index in [9.17, 15) is 24.3 Å². The minimum absolute atomic E-state index is 0.00227. The number of fused-ring (bicyclic) bond motifs is 2. The lowest BCUT2D eigenvalue weighted by Gasteiger charge is -2.24. The molecule has 1 atom stereocenters. The third-order valence-corrected chi connectivity index (χ3v) is 6.40. The van der Waals surface area contributed by atoms with E-state index in [2.05, 4.69) is 16.0 Å². The predicted molar refractivity (Wildman–Crippen MR) is 118 cm³/mol. The van der Waals surface area contributed by atoms with Crippen LogP contribution in [-0.2, 0) is 22.6 Å². The summed E-state index contributed by atoms with van der Waals surface area (Å²) in [6, 6.07) is 13.0. The van der Waals surface area contributed by atoms with Gasteiger partial charge in [-0.3, -0.25) is 9.59 Å². The molecular weight excluding hydrogens is 434 g/mol. The molecule has 3 aromatic rings. The van der Waals surface area contributed by atoms with Crippen molar-refractivity contribution < 1.29 is 29.4 Å². The minimum Gasteiger partial charge on any atom is -0.478 e. The van der Waals surface area contributed by atoms with E-state index in [0.717, 1.165) is 22.1 Å². The average molecular weight is 453 g/mol. The van der Waals surface area contributed by atoms with E-state index in [4.69, 9.17) is 5.11 Å². The molecule has 0 saturated heterocycles. The highest BCUT2D eigenvalue weighted by Gasteiger charge is 2.30. The third kappa shape index (κ3) is 4.32. The molecule has 2 amide bonds. The minimum atomic E-state index is -1.69.